The van der Waals surface area contributed by atoms with Crippen molar-refractivity contribution < 1.29 is 4.79 Å². The Kier molecular flexibility index (Phi) is 6.26. The maximum Gasteiger partial charge on any atom is 0.213 e. The number of piperidine rings is 1. The van der Waals surface area contributed by atoms with Crippen LogP contribution in [0.2, 0.25) is 0 Å². The molecule has 0 aliphatic carbocycles. The highest BCUT2D eigenvalue weighted by molar-refractivity contribution is 5.99. The highest BCUT2D eigenvalue weighted by Gasteiger charge is 2.24. The van der Waals surface area contributed by atoms with Crippen molar-refractivity contribution in [3.63, 3.8) is 0 Å². The maximum absolute atomic E-state index is 11.9. The van der Waals surface area contributed by atoms with Gasteiger partial charge in [0.15, 0.2) is 0 Å². The highest BCUT2D eigenvalue weighted by atomic mass is 16.1. The summed E-state index contributed by atoms with van der Waals surface area (Å²) in [6.07, 6.45) is 8.83. The number of rotatable bonds is 6. The zero-order chi connectivity index (χ0) is 24.5. The van der Waals surface area contributed by atoms with Gasteiger partial charge in [-0.2, -0.15) is 5.10 Å². The number of aryl methyl sites for hydroxylation is 1. The molecular weight excluding hydrogens is 436 g/mol. The standard InChI is InChI=1S/C28H32N6O/c1-32(2)28-24(19-8-10-29-11-9-19)12-21(14-27(28)33(3)18-35)23-7-5-6-20-13-26(30-16-25(20)23)22-15-31-34(4)17-22/h5-7,12-19,29H,8-11H2,1-4H3. The van der Waals surface area contributed by atoms with E-state index >= 15 is 0 Å². The molecule has 3 heterocycles. The van der Waals surface area contributed by atoms with E-state index in [0.29, 0.717) is 5.92 Å². The Labute approximate surface area is 206 Å². The predicted molar refractivity (Wildman–Crippen MR) is 143 cm³/mol. The summed E-state index contributed by atoms with van der Waals surface area (Å²) in [5, 5.41) is 9.98. The Morgan fingerprint density at radius 2 is 1.86 bits per heavy atom. The lowest BCUT2D eigenvalue weighted by Gasteiger charge is -2.31. The molecule has 1 fully saturated rings. The molecule has 0 unspecified atom stereocenters. The molecule has 0 radical (unpaired) electrons. The van der Waals surface area contributed by atoms with Crippen molar-refractivity contribution in [3.05, 3.63) is 60.6 Å². The summed E-state index contributed by atoms with van der Waals surface area (Å²) < 4.78 is 1.79. The van der Waals surface area contributed by atoms with E-state index in [-0.39, 0.29) is 0 Å². The van der Waals surface area contributed by atoms with Gasteiger partial charge in [-0.3, -0.25) is 14.5 Å². The molecule has 0 saturated carbocycles. The fourth-order valence-electron chi connectivity index (χ4n) is 5.19. The summed E-state index contributed by atoms with van der Waals surface area (Å²) >= 11 is 0. The van der Waals surface area contributed by atoms with Gasteiger partial charge < -0.3 is 15.1 Å². The first-order valence-electron chi connectivity index (χ1n) is 12.1. The number of nitrogens with zero attached hydrogens (tertiary/aromatic N) is 5. The van der Waals surface area contributed by atoms with Crippen LogP contribution in [0, 0.1) is 0 Å². The largest absolute Gasteiger partial charge is 0.376 e. The van der Waals surface area contributed by atoms with Crippen molar-refractivity contribution in [1.29, 1.82) is 0 Å². The SMILES string of the molecule is CN(C)c1c(C2CCNCC2)cc(-c2cccc3cc(-c4cnn(C)c4)ncc23)cc1N(C)C=O. The number of nitrogens with one attached hydrogen (secondary N) is 1. The quantitative estimate of drug-likeness (QED) is 0.424. The molecule has 4 aromatic rings. The average Bonchev–Trinajstić information content (AvgIpc) is 3.33. The number of amides is 1. The Balaban J connectivity index is 1.69. The van der Waals surface area contributed by atoms with Crippen molar-refractivity contribution in [1.82, 2.24) is 20.1 Å². The first-order valence-corrected chi connectivity index (χ1v) is 12.1. The van der Waals surface area contributed by atoms with Gasteiger partial charge in [-0.15, -0.1) is 0 Å². The second kappa shape index (κ2) is 9.50. The number of carbonyl (C=O) groups excluding carboxylic acids is 1. The second-order valence-corrected chi connectivity index (χ2v) is 9.57. The number of aromatic nitrogens is 3. The Bertz CT molecular complexity index is 1370. The van der Waals surface area contributed by atoms with Gasteiger partial charge >= 0.3 is 0 Å². The topological polar surface area (TPSA) is 66.3 Å². The fraction of sp³-hybridized carbons (Fsp3) is 0.321. The van der Waals surface area contributed by atoms with Crippen LogP contribution >= 0.6 is 0 Å². The Hall–Kier alpha value is -3.71. The second-order valence-electron chi connectivity index (χ2n) is 9.57. The van der Waals surface area contributed by atoms with Crippen LogP contribution in [0.1, 0.15) is 24.3 Å². The lowest BCUT2D eigenvalue weighted by Crippen LogP contribution is -2.28. The normalized spacial score (nSPS) is 14.3. The maximum atomic E-state index is 11.9. The van der Waals surface area contributed by atoms with Crippen LogP contribution in [-0.2, 0) is 11.8 Å². The molecule has 1 aliphatic rings. The molecule has 0 atom stereocenters. The van der Waals surface area contributed by atoms with Crippen LogP contribution in [0.5, 0.6) is 0 Å². The Morgan fingerprint density at radius 3 is 2.54 bits per heavy atom. The molecule has 1 amide bonds. The van der Waals surface area contributed by atoms with Crippen molar-refractivity contribution in [2.45, 2.75) is 18.8 Å². The van der Waals surface area contributed by atoms with Crippen LogP contribution in [0.3, 0.4) is 0 Å². The van der Waals surface area contributed by atoms with Gasteiger partial charge in [0.2, 0.25) is 6.41 Å². The van der Waals surface area contributed by atoms with Crippen molar-refractivity contribution in [2.24, 2.45) is 7.05 Å². The fourth-order valence-corrected chi connectivity index (χ4v) is 5.19. The molecule has 7 nitrogen and oxygen atoms in total. The Morgan fingerprint density at radius 1 is 1.06 bits per heavy atom. The van der Waals surface area contributed by atoms with Crippen molar-refractivity contribution in [3.8, 4) is 22.4 Å². The van der Waals surface area contributed by atoms with E-state index in [1.54, 1.807) is 9.58 Å². The minimum absolute atomic E-state index is 0.442. The number of hydrogen-bond acceptors (Lipinski definition) is 5. The minimum atomic E-state index is 0.442. The number of fused-ring (bicyclic) bond motifs is 1. The average molecular weight is 469 g/mol. The summed E-state index contributed by atoms with van der Waals surface area (Å²) in [4.78, 5) is 20.5. The molecule has 5 rings (SSSR count). The number of carbonyl (C=O) groups is 1. The van der Waals surface area contributed by atoms with Gasteiger partial charge in [-0.25, -0.2) is 0 Å². The number of anilines is 2. The van der Waals surface area contributed by atoms with Crippen molar-refractivity contribution in [2.75, 3.05) is 44.0 Å². The predicted octanol–water partition coefficient (Wildman–Crippen LogP) is 4.43. The van der Waals surface area contributed by atoms with E-state index in [1.807, 2.05) is 32.7 Å². The third-order valence-corrected chi connectivity index (χ3v) is 6.96. The summed E-state index contributed by atoms with van der Waals surface area (Å²) in [7, 11) is 7.86. The number of pyridine rings is 1. The lowest BCUT2D eigenvalue weighted by atomic mass is 9.85. The van der Waals surface area contributed by atoms with Crippen LogP contribution in [0.4, 0.5) is 11.4 Å². The summed E-state index contributed by atoms with van der Waals surface area (Å²) in [5.41, 5.74) is 7.47. The molecule has 1 saturated heterocycles. The van der Waals surface area contributed by atoms with E-state index in [0.717, 1.165) is 76.9 Å². The third kappa shape index (κ3) is 4.39. The lowest BCUT2D eigenvalue weighted by molar-refractivity contribution is -0.107. The monoisotopic (exact) mass is 468 g/mol. The summed E-state index contributed by atoms with van der Waals surface area (Å²) in [6.45, 7) is 2.02. The van der Waals surface area contributed by atoms with Crippen LogP contribution in [0.25, 0.3) is 33.2 Å². The molecule has 2 aromatic heterocycles. The van der Waals surface area contributed by atoms with Crippen LogP contribution < -0.4 is 15.1 Å². The van der Waals surface area contributed by atoms with E-state index in [9.17, 15) is 4.79 Å². The molecule has 1 aliphatic heterocycles. The van der Waals surface area contributed by atoms with Gasteiger partial charge in [0, 0.05) is 51.5 Å². The van der Waals surface area contributed by atoms with Crippen molar-refractivity contribution >= 4 is 28.6 Å². The molecule has 1 N–H and O–H groups in total. The van der Waals surface area contributed by atoms with Crippen LogP contribution in [-0.4, -0.2) is 55.4 Å². The molecular formula is C28H32N6O. The van der Waals surface area contributed by atoms with Gasteiger partial charge in [0.25, 0.3) is 0 Å². The molecule has 2 aromatic carbocycles. The highest BCUT2D eigenvalue weighted by Crippen LogP contribution is 2.43. The third-order valence-electron chi connectivity index (χ3n) is 6.96. The van der Waals surface area contributed by atoms with Gasteiger partial charge in [0.1, 0.15) is 0 Å². The molecule has 180 valence electrons. The zero-order valence-electron chi connectivity index (χ0n) is 20.8. The van der Waals surface area contributed by atoms with E-state index in [4.69, 9.17) is 4.98 Å². The minimum Gasteiger partial charge on any atom is -0.376 e. The van der Waals surface area contributed by atoms with Gasteiger partial charge in [-0.1, -0.05) is 18.2 Å². The molecule has 35 heavy (non-hydrogen) atoms. The van der Waals surface area contributed by atoms with Gasteiger partial charge in [0.05, 0.1) is 23.3 Å². The zero-order valence-corrected chi connectivity index (χ0v) is 20.8. The van der Waals surface area contributed by atoms with E-state index in [2.05, 4.69) is 65.8 Å². The first-order chi connectivity index (χ1) is 17.0. The number of hydrogen-bond donors (Lipinski definition) is 1. The van der Waals surface area contributed by atoms with E-state index < -0.39 is 0 Å². The molecule has 0 spiro atoms. The number of benzene rings is 2. The summed E-state index contributed by atoms with van der Waals surface area (Å²) in [5.74, 6) is 0.442. The molecule has 7 heteroatoms. The van der Waals surface area contributed by atoms with Gasteiger partial charge in [-0.05, 0) is 72.1 Å². The van der Waals surface area contributed by atoms with E-state index in [1.165, 1.54) is 5.56 Å². The van der Waals surface area contributed by atoms with Crippen LogP contribution in [0.15, 0.2) is 55.0 Å². The molecule has 0 bridgehead atoms. The first kappa shape index (κ1) is 23.1. The smallest absolute Gasteiger partial charge is 0.213 e. The summed E-state index contributed by atoms with van der Waals surface area (Å²) in [6, 6.07) is 13.0.